The first-order valence-electron chi connectivity index (χ1n) is 9.96. The predicted molar refractivity (Wildman–Crippen MR) is 115 cm³/mol. The largest absolute Gasteiger partial charge is 0.497 e. The van der Waals surface area contributed by atoms with Crippen molar-refractivity contribution in [2.75, 3.05) is 20.8 Å². The summed E-state index contributed by atoms with van der Waals surface area (Å²) in [6.45, 7) is 7.95. The van der Waals surface area contributed by atoms with E-state index in [0.29, 0.717) is 30.2 Å². The molecule has 0 spiro atoms. The van der Waals surface area contributed by atoms with Gasteiger partial charge in [0.2, 0.25) is 0 Å². The van der Waals surface area contributed by atoms with Crippen LogP contribution < -0.4 is 9.47 Å². The molecule has 1 aliphatic heterocycles. The number of ether oxygens (including phenoxy) is 2. The highest BCUT2D eigenvalue weighted by Crippen LogP contribution is 2.33. The molecule has 0 unspecified atom stereocenters. The number of nitrogens with zero attached hydrogens (tertiary/aromatic N) is 1. The van der Waals surface area contributed by atoms with Crippen LogP contribution in [0.25, 0.3) is 10.9 Å². The fourth-order valence-corrected chi connectivity index (χ4v) is 3.97. The third-order valence-electron chi connectivity index (χ3n) is 5.73. The van der Waals surface area contributed by atoms with Crippen LogP contribution in [0.3, 0.4) is 0 Å². The number of H-pyrrole nitrogens is 1. The van der Waals surface area contributed by atoms with E-state index in [9.17, 15) is 4.79 Å². The molecule has 0 atom stereocenters. The molecule has 0 radical (unpaired) electrons. The van der Waals surface area contributed by atoms with Gasteiger partial charge in [-0.3, -0.25) is 4.79 Å². The van der Waals surface area contributed by atoms with Crippen molar-refractivity contribution in [3.8, 4) is 11.5 Å². The number of hydrogen-bond donors (Lipinski definition) is 1. The van der Waals surface area contributed by atoms with Gasteiger partial charge >= 0.3 is 0 Å². The average molecular weight is 392 g/mol. The highest BCUT2D eigenvalue weighted by Gasteiger charge is 2.26. The molecule has 1 N–H and O–H groups in total. The zero-order valence-electron chi connectivity index (χ0n) is 17.8. The number of carbonyl (C=O) groups excluding carboxylic acids is 1. The third-order valence-corrected chi connectivity index (χ3v) is 5.73. The number of hydrogen-bond acceptors (Lipinski definition) is 3. The zero-order chi connectivity index (χ0) is 20.8. The highest BCUT2D eigenvalue weighted by molar-refractivity contribution is 5.96. The van der Waals surface area contributed by atoms with E-state index in [4.69, 9.17) is 9.47 Å². The van der Waals surface area contributed by atoms with Crippen LogP contribution in [-0.4, -0.2) is 36.6 Å². The number of aromatic amines is 1. The quantitative estimate of drug-likeness (QED) is 0.704. The molecule has 0 saturated carbocycles. The Bertz CT molecular complexity index is 1050. The summed E-state index contributed by atoms with van der Waals surface area (Å²) in [5.74, 6) is 1.23. The van der Waals surface area contributed by atoms with Gasteiger partial charge in [0.1, 0.15) is 11.5 Å². The standard InChI is InChI=1S/C24H28N2O3/c1-24(2,3)16-6-7-21-19(12-16)20-14-26(9-8-22(20)25-21)23(27)15-10-17(28-4)13-18(11-15)29-5/h6-7,10-13,25H,8-9,14H2,1-5H3. The average Bonchev–Trinajstić information content (AvgIpc) is 3.09. The van der Waals surface area contributed by atoms with Gasteiger partial charge in [0.05, 0.1) is 14.2 Å². The van der Waals surface area contributed by atoms with Crippen LogP contribution in [0.4, 0.5) is 0 Å². The van der Waals surface area contributed by atoms with Crippen LogP contribution >= 0.6 is 0 Å². The van der Waals surface area contributed by atoms with Gasteiger partial charge in [0.25, 0.3) is 5.91 Å². The van der Waals surface area contributed by atoms with Gasteiger partial charge in [-0.25, -0.2) is 0 Å². The predicted octanol–water partition coefficient (Wildman–Crippen LogP) is 4.68. The van der Waals surface area contributed by atoms with E-state index < -0.39 is 0 Å². The molecule has 3 aromatic rings. The number of nitrogens with one attached hydrogen (secondary N) is 1. The van der Waals surface area contributed by atoms with E-state index in [-0.39, 0.29) is 11.3 Å². The molecule has 1 aromatic heterocycles. The second-order valence-corrected chi connectivity index (χ2v) is 8.67. The van der Waals surface area contributed by atoms with Gasteiger partial charge in [-0.15, -0.1) is 0 Å². The van der Waals surface area contributed by atoms with E-state index in [1.54, 1.807) is 32.4 Å². The Morgan fingerprint density at radius 1 is 1.03 bits per heavy atom. The molecule has 0 bridgehead atoms. The zero-order valence-corrected chi connectivity index (χ0v) is 17.8. The first-order valence-corrected chi connectivity index (χ1v) is 9.96. The van der Waals surface area contributed by atoms with Crippen molar-refractivity contribution in [3.63, 3.8) is 0 Å². The molecule has 2 aromatic carbocycles. The monoisotopic (exact) mass is 392 g/mol. The molecule has 4 rings (SSSR count). The molecule has 1 amide bonds. The summed E-state index contributed by atoms with van der Waals surface area (Å²) in [6.07, 6.45) is 0.821. The molecule has 29 heavy (non-hydrogen) atoms. The highest BCUT2D eigenvalue weighted by atomic mass is 16.5. The lowest BCUT2D eigenvalue weighted by Crippen LogP contribution is -2.35. The Hall–Kier alpha value is -2.95. The summed E-state index contributed by atoms with van der Waals surface area (Å²) in [7, 11) is 3.18. The van der Waals surface area contributed by atoms with Gasteiger partial charge in [0.15, 0.2) is 0 Å². The minimum absolute atomic E-state index is 0.00539. The Labute approximate surface area is 171 Å². The van der Waals surface area contributed by atoms with Gasteiger partial charge < -0.3 is 19.4 Å². The van der Waals surface area contributed by atoms with Gasteiger partial charge in [-0.1, -0.05) is 26.8 Å². The fraction of sp³-hybridized carbons (Fsp3) is 0.375. The van der Waals surface area contributed by atoms with Crippen molar-refractivity contribution in [3.05, 3.63) is 58.8 Å². The molecule has 0 aliphatic carbocycles. The van der Waals surface area contributed by atoms with Crippen molar-refractivity contribution >= 4 is 16.8 Å². The topological polar surface area (TPSA) is 54.6 Å². The van der Waals surface area contributed by atoms with Crippen LogP contribution in [0, 0.1) is 0 Å². The van der Waals surface area contributed by atoms with Gasteiger partial charge in [0, 0.05) is 53.3 Å². The Morgan fingerprint density at radius 2 is 1.72 bits per heavy atom. The summed E-state index contributed by atoms with van der Waals surface area (Å²) in [6, 6.07) is 11.9. The first-order chi connectivity index (χ1) is 13.8. The maximum atomic E-state index is 13.2. The summed E-state index contributed by atoms with van der Waals surface area (Å²) in [4.78, 5) is 18.7. The van der Waals surface area contributed by atoms with Gasteiger partial charge in [-0.05, 0) is 35.2 Å². The molecule has 5 heteroatoms. The van der Waals surface area contributed by atoms with E-state index in [2.05, 4.69) is 44.0 Å². The van der Waals surface area contributed by atoms with Crippen LogP contribution in [-0.2, 0) is 18.4 Å². The van der Waals surface area contributed by atoms with Crippen molar-refractivity contribution in [2.45, 2.75) is 39.2 Å². The van der Waals surface area contributed by atoms with Crippen LogP contribution in [0.15, 0.2) is 36.4 Å². The van der Waals surface area contributed by atoms with Crippen molar-refractivity contribution < 1.29 is 14.3 Å². The van der Waals surface area contributed by atoms with E-state index in [1.165, 1.54) is 22.2 Å². The van der Waals surface area contributed by atoms with Crippen molar-refractivity contribution in [1.29, 1.82) is 0 Å². The molecule has 0 fully saturated rings. The van der Waals surface area contributed by atoms with Crippen molar-refractivity contribution in [2.24, 2.45) is 0 Å². The lowest BCUT2D eigenvalue weighted by atomic mass is 9.86. The van der Waals surface area contributed by atoms with Crippen LogP contribution in [0.5, 0.6) is 11.5 Å². The smallest absolute Gasteiger partial charge is 0.254 e. The number of aromatic nitrogens is 1. The Morgan fingerprint density at radius 3 is 2.34 bits per heavy atom. The first kappa shape index (κ1) is 19.4. The minimum Gasteiger partial charge on any atom is -0.497 e. The molecule has 0 saturated heterocycles. The number of amides is 1. The SMILES string of the molecule is COc1cc(OC)cc(C(=O)N2CCc3[nH]c4ccc(C(C)(C)C)cc4c3C2)c1. The van der Waals surface area contributed by atoms with E-state index >= 15 is 0 Å². The Kier molecular flexibility index (Phi) is 4.77. The molecule has 1 aliphatic rings. The molecular formula is C24H28N2O3. The number of benzene rings is 2. The number of fused-ring (bicyclic) bond motifs is 3. The number of methoxy groups -OCH3 is 2. The molecule has 5 nitrogen and oxygen atoms in total. The summed E-state index contributed by atoms with van der Waals surface area (Å²) in [5, 5.41) is 1.22. The number of rotatable bonds is 3. The van der Waals surface area contributed by atoms with Crippen LogP contribution in [0.2, 0.25) is 0 Å². The summed E-state index contributed by atoms with van der Waals surface area (Å²) >= 11 is 0. The second kappa shape index (κ2) is 7.14. The van der Waals surface area contributed by atoms with E-state index in [0.717, 1.165) is 11.9 Å². The Balaban J connectivity index is 1.68. The van der Waals surface area contributed by atoms with Crippen LogP contribution in [0.1, 0.15) is 48.0 Å². The number of carbonyl (C=O) groups is 1. The maximum absolute atomic E-state index is 13.2. The lowest BCUT2D eigenvalue weighted by Gasteiger charge is -2.28. The molecule has 152 valence electrons. The van der Waals surface area contributed by atoms with Gasteiger partial charge in [-0.2, -0.15) is 0 Å². The fourth-order valence-electron chi connectivity index (χ4n) is 3.97. The molecular weight excluding hydrogens is 364 g/mol. The maximum Gasteiger partial charge on any atom is 0.254 e. The summed E-state index contributed by atoms with van der Waals surface area (Å²) < 4.78 is 10.7. The third kappa shape index (κ3) is 3.57. The lowest BCUT2D eigenvalue weighted by molar-refractivity contribution is 0.0734. The van der Waals surface area contributed by atoms with E-state index in [1.807, 2.05) is 4.90 Å². The van der Waals surface area contributed by atoms with Crippen molar-refractivity contribution in [1.82, 2.24) is 9.88 Å². The minimum atomic E-state index is -0.00539. The normalized spacial score (nSPS) is 14.0. The summed E-state index contributed by atoms with van der Waals surface area (Å²) in [5.41, 5.74) is 5.56. The second-order valence-electron chi connectivity index (χ2n) is 8.67. The molecule has 2 heterocycles.